The SMILES string of the molecule is CNC(=O)c1cc(Oc2ccc(CCc3ccc(C(F)(F)F)cc3)cc2)ccn1. The van der Waals surface area contributed by atoms with E-state index in [0.717, 1.165) is 23.3 Å². The van der Waals surface area contributed by atoms with Crippen LogP contribution in [-0.4, -0.2) is 17.9 Å². The molecule has 0 spiro atoms. The fourth-order valence-corrected chi connectivity index (χ4v) is 2.74. The third-order valence-corrected chi connectivity index (χ3v) is 4.33. The summed E-state index contributed by atoms with van der Waals surface area (Å²) in [6.07, 6.45) is -1.48. The van der Waals surface area contributed by atoms with Gasteiger partial charge in [0.1, 0.15) is 17.2 Å². The maximum Gasteiger partial charge on any atom is 0.416 e. The summed E-state index contributed by atoms with van der Waals surface area (Å²) in [6, 6.07) is 15.9. The second kappa shape index (κ2) is 8.77. The number of aryl methyl sites for hydroxylation is 2. The number of pyridine rings is 1. The Labute approximate surface area is 166 Å². The van der Waals surface area contributed by atoms with Crippen LogP contribution < -0.4 is 10.1 Å². The van der Waals surface area contributed by atoms with Gasteiger partial charge in [-0.15, -0.1) is 0 Å². The van der Waals surface area contributed by atoms with Crippen molar-refractivity contribution in [1.82, 2.24) is 10.3 Å². The number of ether oxygens (including phenoxy) is 1. The Morgan fingerprint density at radius 3 is 2.07 bits per heavy atom. The van der Waals surface area contributed by atoms with Crippen LogP contribution in [0.25, 0.3) is 0 Å². The monoisotopic (exact) mass is 400 g/mol. The van der Waals surface area contributed by atoms with Gasteiger partial charge in [0, 0.05) is 19.3 Å². The van der Waals surface area contributed by atoms with Crippen LogP contribution in [0, 0.1) is 0 Å². The first-order valence-corrected chi connectivity index (χ1v) is 8.96. The van der Waals surface area contributed by atoms with Gasteiger partial charge >= 0.3 is 6.18 Å². The zero-order chi connectivity index (χ0) is 20.9. The largest absolute Gasteiger partial charge is 0.457 e. The van der Waals surface area contributed by atoms with Gasteiger partial charge in [-0.25, -0.2) is 0 Å². The van der Waals surface area contributed by atoms with Crippen LogP contribution in [0.1, 0.15) is 27.2 Å². The van der Waals surface area contributed by atoms with Crippen molar-refractivity contribution in [2.24, 2.45) is 0 Å². The minimum Gasteiger partial charge on any atom is -0.457 e. The van der Waals surface area contributed by atoms with Crippen LogP contribution in [0.15, 0.2) is 66.9 Å². The van der Waals surface area contributed by atoms with Gasteiger partial charge in [0.25, 0.3) is 5.91 Å². The van der Waals surface area contributed by atoms with E-state index < -0.39 is 11.7 Å². The molecule has 0 aliphatic carbocycles. The summed E-state index contributed by atoms with van der Waals surface area (Å²) in [5.74, 6) is 0.808. The number of nitrogens with zero attached hydrogens (tertiary/aromatic N) is 1. The normalized spacial score (nSPS) is 11.2. The van der Waals surface area contributed by atoms with Crippen LogP contribution >= 0.6 is 0 Å². The molecule has 1 aromatic heterocycles. The quantitative estimate of drug-likeness (QED) is 0.631. The molecule has 0 atom stereocenters. The van der Waals surface area contributed by atoms with Crippen molar-refractivity contribution in [3.05, 3.63) is 89.2 Å². The smallest absolute Gasteiger partial charge is 0.416 e. The summed E-state index contributed by atoms with van der Waals surface area (Å²) < 4.78 is 43.6. The fourth-order valence-electron chi connectivity index (χ4n) is 2.74. The van der Waals surface area contributed by atoms with Gasteiger partial charge in [-0.05, 0) is 54.3 Å². The van der Waals surface area contributed by atoms with E-state index in [1.165, 1.54) is 25.4 Å². The lowest BCUT2D eigenvalue weighted by atomic mass is 10.0. The highest BCUT2D eigenvalue weighted by Crippen LogP contribution is 2.29. The van der Waals surface area contributed by atoms with Gasteiger partial charge in [-0.1, -0.05) is 24.3 Å². The van der Waals surface area contributed by atoms with E-state index in [0.29, 0.717) is 24.3 Å². The Morgan fingerprint density at radius 2 is 1.52 bits per heavy atom. The molecule has 1 heterocycles. The van der Waals surface area contributed by atoms with Gasteiger partial charge < -0.3 is 10.1 Å². The Bertz CT molecular complexity index is 969. The van der Waals surface area contributed by atoms with E-state index in [4.69, 9.17) is 4.74 Å². The third kappa shape index (κ3) is 5.57. The zero-order valence-electron chi connectivity index (χ0n) is 15.7. The minimum absolute atomic E-state index is 0.262. The molecule has 0 radical (unpaired) electrons. The molecule has 0 aliphatic heterocycles. The van der Waals surface area contributed by atoms with Crippen LogP contribution in [0.4, 0.5) is 13.2 Å². The van der Waals surface area contributed by atoms with E-state index in [-0.39, 0.29) is 11.6 Å². The lowest BCUT2D eigenvalue weighted by Gasteiger charge is -2.09. The number of carbonyl (C=O) groups excluding carboxylic acids is 1. The van der Waals surface area contributed by atoms with Crippen LogP contribution in [0.3, 0.4) is 0 Å². The average Bonchev–Trinajstić information content (AvgIpc) is 2.72. The Hall–Kier alpha value is -3.35. The molecule has 29 heavy (non-hydrogen) atoms. The van der Waals surface area contributed by atoms with Crippen LogP contribution in [-0.2, 0) is 19.0 Å². The highest BCUT2D eigenvalue weighted by molar-refractivity contribution is 5.92. The minimum atomic E-state index is -4.32. The number of carbonyl (C=O) groups is 1. The van der Waals surface area contributed by atoms with Crippen LogP contribution in [0.2, 0.25) is 0 Å². The molecule has 3 rings (SSSR count). The summed E-state index contributed by atoms with van der Waals surface area (Å²) in [4.78, 5) is 15.6. The predicted molar refractivity (Wildman–Crippen MR) is 103 cm³/mol. The summed E-state index contributed by atoms with van der Waals surface area (Å²) in [7, 11) is 1.53. The van der Waals surface area contributed by atoms with Gasteiger partial charge in [0.15, 0.2) is 0 Å². The van der Waals surface area contributed by atoms with E-state index in [1.807, 2.05) is 24.3 Å². The number of nitrogens with one attached hydrogen (secondary N) is 1. The van der Waals surface area contributed by atoms with Crippen molar-refractivity contribution in [3.8, 4) is 11.5 Å². The van der Waals surface area contributed by atoms with Crippen molar-refractivity contribution >= 4 is 5.91 Å². The molecule has 1 N–H and O–H groups in total. The molecular weight excluding hydrogens is 381 g/mol. The number of rotatable bonds is 6. The first kappa shape index (κ1) is 20.4. The van der Waals surface area contributed by atoms with Crippen molar-refractivity contribution in [2.45, 2.75) is 19.0 Å². The van der Waals surface area contributed by atoms with Crippen LogP contribution in [0.5, 0.6) is 11.5 Å². The molecule has 0 saturated heterocycles. The molecule has 0 fully saturated rings. The first-order chi connectivity index (χ1) is 13.8. The summed E-state index contributed by atoms with van der Waals surface area (Å²) in [6.45, 7) is 0. The number of alkyl halides is 3. The Balaban J connectivity index is 1.58. The van der Waals surface area contributed by atoms with Crippen molar-refractivity contribution in [1.29, 1.82) is 0 Å². The molecule has 150 valence electrons. The number of hydrogen-bond acceptors (Lipinski definition) is 3. The molecular formula is C22H19F3N2O2. The molecule has 3 aromatic rings. The molecule has 0 aliphatic rings. The number of aromatic nitrogens is 1. The Kier molecular flexibility index (Phi) is 6.16. The van der Waals surface area contributed by atoms with E-state index in [1.54, 1.807) is 12.1 Å². The molecule has 1 amide bonds. The highest BCUT2D eigenvalue weighted by atomic mass is 19.4. The number of hydrogen-bond donors (Lipinski definition) is 1. The second-order valence-corrected chi connectivity index (χ2v) is 6.40. The number of amides is 1. The van der Waals surface area contributed by atoms with Crippen molar-refractivity contribution in [3.63, 3.8) is 0 Å². The standard InChI is InChI=1S/C22H19F3N2O2/c1-26-21(28)20-14-19(12-13-27-20)29-18-10-6-16(7-11-18)3-2-15-4-8-17(9-5-15)22(23,24)25/h4-14H,2-3H2,1H3,(H,26,28). The van der Waals surface area contributed by atoms with Crippen molar-refractivity contribution in [2.75, 3.05) is 7.05 Å². The summed E-state index contributed by atoms with van der Waals surface area (Å²) in [5, 5.41) is 2.51. The van der Waals surface area contributed by atoms with Gasteiger partial charge in [-0.3, -0.25) is 9.78 Å². The second-order valence-electron chi connectivity index (χ2n) is 6.40. The molecule has 0 saturated carbocycles. The van der Waals surface area contributed by atoms with Crippen molar-refractivity contribution < 1.29 is 22.7 Å². The Morgan fingerprint density at radius 1 is 0.931 bits per heavy atom. The lowest BCUT2D eigenvalue weighted by molar-refractivity contribution is -0.137. The maximum atomic E-state index is 12.6. The van der Waals surface area contributed by atoms with Gasteiger partial charge in [-0.2, -0.15) is 13.2 Å². The summed E-state index contributed by atoms with van der Waals surface area (Å²) >= 11 is 0. The van der Waals surface area contributed by atoms with Gasteiger partial charge in [0.05, 0.1) is 5.56 Å². The zero-order valence-corrected chi connectivity index (χ0v) is 15.7. The van der Waals surface area contributed by atoms with E-state index >= 15 is 0 Å². The lowest BCUT2D eigenvalue weighted by Crippen LogP contribution is -2.18. The molecule has 7 heteroatoms. The third-order valence-electron chi connectivity index (χ3n) is 4.33. The fraction of sp³-hybridized carbons (Fsp3) is 0.182. The number of halogens is 3. The molecule has 0 bridgehead atoms. The highest BCUT2D eigenvalue weighted by Gasteiger charge is 2.29. The van der Waals surface area contributed by atoms with Gasteiger partial charge in [0.2, 0.25) is 0 Å². The van der Waals surface area contributed by atoms with E-state index in [9.17, 15) is 18.0 Å². The number of benzene rings is 2. The molecule has 0 unspecified atom stereocenters. The summed E-state index contributed by atoms with van der Waals surface area (Å²) in [5.41, 5.74) is 1.51. The van der Waals surface area contributed by atoms with E-state index in [2.05, 4.69) is 10.3 Å². The topological polar surface area (TPSA) is 51.2 Å². The molecule has 4 nitrogen and oxygen atoms in total. The first-order valence-electron chi connectivity index (χ1n) is 8.96. The average molecular weight is 400 g/mol. The maximum absolute atomic E-state index is 12.6. The predicted octanol–water partition coefficient (Wildman–Crippen LogP) is 5.04. The molecule has 2 aromatic carbocycles.